The first kappa shape index (κ1) is 11.5. The number of hydrogen-bond acceptors (Lipinski definition) is 5. The summed E-state index contributed by atoms with van der Waals surface area (Å²) in [6.07, 6.45) is 3.97. The van der Waals surface area contributed by atoms with Crippen molar-refractivity contribution in [3.8, 4) is 0 Å². The van der Waals surface area contributed by atoms with Crippen molar-refractivity contribution in [3.63, 3.8) is 0 Å². The molecule has 0 amide bonds. The normalized spacial score (nSPS) is 9.67. The smallest absolute Gasteiger partial charge is 0.131 e. The predicted octanol–water partition coefficient (Wildman–Crippen LogP) is 0.869. The molecular formula is C10H16N4O. The molecule has 0 aromatic carbocycles. The zero-order chi connectivity index (χ0) is 10.9. The van der Waals surface area contributed by atoms with Gasteiger partial charge < -0.3 is 15.7 Å². The molecule has 1 rings (SSSR count). The number of aliphatic hydroxyl groups excluding tert-OH is 1. The van der Waals surface area contributed by atoms with Gasteiger partial charge in [-0.05, 0) is 6.42 Å². The van der Waals surface area contributed by atoms with E-state index in [0.29, 0.717) is 19.5 Å². The zero-order valence-corrected chi connectivity index (χ0v) is 8.61. The Morgan fingerprint density at radius 2 is 2.07 bits per heavy atom. The van der Waals surface area contributed by atoms with E-state index in [1.807, 2.05) is 6.07 Å². The van der Waals surface area contributed by atoms with Crippen molar-refractivity contribution < 1.29 is 5.11 Å². The van der Waals surface area contributed by atoms with Crippen molar-refractivity contribution in [2.45, 2.75) is 6.42 Å². The molecule has 0 aliphatic rings. The fraction of sp³-hybridized carbons (Fsp3) is 0.400. The van der Waals surface area contributed by atoms with Crippen LogP contribution in [0.4, 0.5) is 11.6 Å². The van der Waals surface area contributed by atoms with E-state index in [1.165, 1.54) is 6.33 Å². The summed E-state index contributed by atoms with van der Waals surface area (Å²) in [4.78, 5) is 8.10. The number of nitrogens with zero attached hydrogens (tertiary/aromatic N) is 2. The first-order valence-corrected chi connectivity index (χ1v) is 4.88. The van der Waals surface area contributed by atoms with Crippen LogP contribution in [-0.4, -0.2) is 34.8 Å². The third-order valence-corrected chi connectivity index (χ3v) is 1.74. The van der Waals surface area contributed by atoms with Crippen molar-refractivity contribution >= 4 is 11.6 Å². The second-order valence-electron chi connectivity index (χ2n) is 2.96. The molecule has 0 aliphatic carbocycles. The monoisotopic (exact) mass is 208 g/mol. The third-order valence-electron chi connectivity index (χ3n) is 1.74. The van der Waals surface area contributed by atoms with Crippen molar-refractivity contribution in [3.05, 3.63) is 25.0 Å². The molecule has 0 unspecified atom stereocenters. The molecule has 1 heterocycles. The van der Waals surface area contributed by atoms with Gasteiger partial charge in [0.2, 0.25) is 0 Å². The van der Waals surface area contributed by atoms with Crippen LogP contribution in [0.15, 0.2) is 25.0 Å². The molecule has 0 bridgehead atoms. The van der Waals surface area contributed by atoms with Gasteiger partial charge in [-0.1, -0.05) is 6.08 Å². The molecule has 0 saturated heterocycles. The summed E-state index contributed by atoms with van der Waals surface area (Å²) < 4.78 is 0. The van der Waals surface area contributed by atoms with Crippen LogP contribution in [0.5, 0.6) is 0 Å². The van der Waals surface area contributed by atoms with E-state index >= 15 is 0 Å². The average Bonchev–Trinajstić information content (AvgIpc) is 2.27. The van der Waals surface area contributed by atoms with Gasteiger partial charge in [0, 0.05) is 25.8 Å². The number of aliphatic hydroxyl groups is 1. The largest absolute Gasteiger partial charge is 0.396 e. The van der Waals surface area contributed by atoms with Crippen molar-refractivity contribution in [2.75, 3.05) is 30.3 Å². The maximum absolute atomic E-state index is 8.62. The van der Waals surface area contributed by atoms with Crippen molar-refractivity contribution in [2.24, 2.45) is 0 Å². The van der Waals surface area contributed by atoms with E-state index in [-0.39, 0.29) is 6.61 Å². The maximum Gasteiger partial charge on any atom is 0.131 e. The predicted molar refractivity (Wildman–Crippen MR) is 60.9 cm³/mol. The highest BCUT2D eigenvalue weighted by molar-refractivity contribution is 5.46. The van der Waals surface area contributed by atoms with Crippen LogP contribution in [0, 0.1) is 0 Å². The van der Waals surface area contributed by atoms with Crippen LogP contribution in [0.3, 0.4) is 0 Å². The van der Waals surface area contributed by atoms with E-state index in [2.05, 4.69) is 27.2 Å². The highest BCUT2D eigenvalue weighted by atomic mass is 16.3. The van der Waals surface area contributed by atoms with Crippen LogP contribution in [0.1, 0.15) is 6.42 Å². The second-order valence-corrected chi connectivity index (χ2v) is 2.96. The molecule has 0 fully saturated rings. The molecular weight excluding hydrogens is 192 g/mol. The number of hydrogen-bond donors (Lipinski definition) is 3. The summed E-state index contributed by atoms with van der Waals surface area (Å²) in [5.41, 5.74) is 0. The molecule has 15 heavy (non-hydrogen) atoms. The van der Waals surface area contributed by atoms with E-state index < -0.39 is 0 Å². The van der Waals surface area contributed by atoms with Crippen LogP contribution in [-0.2, 0) is 0 Å². The summed E-state index contributed by atoms with van der Waals surface area (Å²) in [7, 11) is 0. The minimum absolute atomic E-state index is 0.180. The summed E-state index contributed by atoms with van der Waals surface area (Å²) in [5.74, 6) is 1.52. The third kappa shape index (κ3) is 4.42. The second kappa shape index (κ2) is 6.78. The number of rotatable bonds is 7. The number of aromatic nitrogens is 2. The van der Waals surface area contributed by atoms with E-state index in [4.69, 9.17) is 5.11 Å². The van der Waals surface area contributed by atoms with Crippen LogP contribution in [0.2, 0.25) is 0 Å². The van der Waals surface area contributed by atoms with Gasteiger partial charge in [0.05, 0.1) is 0 Å². The molecule has 1 aromatic heterocycles. The topological polar surface area (TPSA) is 70.1 Å². The lowest BCUT2D eigenvalue weighted by Gasteiger charge is -2.06. The molecule has 0 atom stereocenters. The molecule has 0 radical (unpaired) electrons. The van der Waals surface area contributed by atoms with Gasteiger partial charge in [-0.15, -0.1) is 6.58 Å². The standard InChI is InChI=1S/C10H16N4O/c1-2-4-11-9-7-10(14-8-13-9)12-5-3-6-15/h2,7-8,15H,1,3-6H2,(H2,11,12,13,14). The van der Waals surface area contributed by atoms with Crippen LogP contribution >= 0.6 is 0 Å². The minimum atomic E-state index is 0.180. The lowest BCUT2D eigenvalue weighted by atomic mass is 10.4. The van der Waals surface area contributed by atoms with Crippen LogP contribution < -0.4 is 10.6 Å². The Balaban J connectivity index is 2.46. The first-order chi connectivity index (χ1) is 7.36. The van der Waals surface area contributed by atoms with Gasteiger partial charge in [0.15, 0.2) is 0 Å². The first-order valence-electron chi connectivity index (χ1n) is 4.88. The minimum Gasteiger partial charge on any atom is -0.396 e. The molecule has 82 valence electrons. The van der Waals surface area contributed by atoms with E-state index in [0.717, 1.165) is 11.6 Å². The Kier molecular flexibility index (Phi) is 5.18. The van der Waals surface area contributed by atoms with Gasteiger partial charge >= 0.3 is 0 Å². The Bertz CT molecular complexity index is 303. The van der Waals surface area contributed by atoms with Gasteiger partial charge in [-0.3, -0.25) is 0 Å². The van der Waals surface area contributed by atoms with E-state index in [9.17, 15) is 0 Å². The Hall–Kier alpha value is -1.62. The fourth-order valence-corrected chi connectivity index (χ4v) is 1.02. The fourth-order valence-electron chi connectivity index (χ4n) is 1.02. The molecule has 0 aliphatic heterocycles. The van der Waals surface area contributed by atoms with Crippen molar-refractivity contribution in [1.82, 2.24) is 9.97 Å². The maximum atomic E-state index is 8.62. The molecule has 3 N–H and O–H groups in total. The van der Waals surface area contributed by atoms with Crippen molar-refractivity contribution in [1.29, 1.82) is 0 Å². The average molecular weight is 208 g/mol. The lowest BCUT2D eigenvalue weighted by molar-refractivity contribution is 0.292. The summed E-state index contributed by atoms with van der Waals surface area (Å²) in [6.45, 7) is 5.17. The molecule has 5 nitrogen and oxygen atoms in total. The molecule has 0 saturated carbocycles. The highest BCUT2D eigenvalue weighted by Crippen LogP contribution is 2.07. The Labute approximate surface area is 89.3 Å². The van der Waals surface area contributed by atoms with E-state index in [1.54, 1.807) is 6.08 Å². The van der Waals surface area contributed by atoms with Crippen LogP contribution in [0.25, 0.3) is 0 Å². The summed E-state index contributed by atoms with van der Waals surface area (Å²) in [6, 6.07) is 1.82. The number of anilines is 2. The Morgan fingerprint density at radius 3 is 2.73 bits per heavy atom. The zero-order valence-electron chi connectivity index (χ0n) is 8.61. The highest BCUT2D eigenvalue weighted by Gasteiger charge is 1.96. The van der Waals surface area contributed by atoms with Gasteiger partial charge in [0.1, 0.15) is 18.0 Å². The molecule has 1 aromatic rings. The number of nitrogens with one attached hydrogen (secondary N) is 2. The quantitative estimate of drug-likeness (QED) is 0.458. The van der Waals surface area contributed by atoms with Gasteiger partial charge in [-0.2, -0.15) is 0 Å². The lowest BCUT2D eigenvalue weighted by Crippen LogP contribution is -2.07. The SMILES string of the molecule is C=CCNc1cc(NCCCO)ncn1. The molecule has 5 heteroatoms. The molecule has 0 spiro atoms. The van der Waals surface area contributed by atoms with Gasteiger partial charge in [-0.25, -0.2) is 9.97 Å². The Morgan fingerprint density at radius 1 is 1.33 bits per heavy atom. The summed E-state index contributed by atoms with van der Waals surface area (Å²) in [5, 5.41) is 14.8. The summed E-state index contributed by atoms with van der Waals surface area (Å²) >= 11 is 0. The van der Waals surface area contributed by atoms with Gasteiger partial charge in [0.25, 0.3) is 0 Å².